The number of amides is 1. The van der Waals surface area contributed by atoms with E-state index in [4.69, 9.17) is 10.2 Å². The highest BCUT2D eigenvalue weighted by atomic mass is 16.5. The molecular formula is C3H7NO3. The third-order valence-electron chi connectivity index (χ3n) is 0.467. The maximum absolute atomic E-state index is 9.74. The first-order valence-electron chi connectivity index (χ1n) is 1.69. The Morgan fingerprint density at radius 2 is 1.86 bits per heavy atom. The topological polar surface area (TPSA) is 83.6 Å². The van der Waals surface area contributed by atoms with Gasteiger partial charge in [-0.1, -0.05) is 0 Å². The zero-order chi connectivity index (χ0) is 6.08. The van der Waals surface area contributed by atoms with Crippen LogP contribution in [0.15, 0.2) is 0 Å². The number of nitrogens with two attached hydrogens (primary N) is 1. The van der Waals surface area contributed by atoms with Gasteiger partial charge in [0.25, 0.3) is 5.91 Å². The molecule has 42 valence electrons. The third-order valence-corrected chi connectivity index (χ3v) is 0.467. The van der Waals surface area contributed by atoms with Crippen LogP contribution in [0.2, 0.25) is 0 Å². The van der Waals surface area contributed by atoms with Crippen molar-refractivity contribution in [2.75, 3.05) is 0 Å². The molecule has 0 spiro atoms. The van der Waals surface area contributed by atoms with Crippen molar-refractivity contribution < 1.29 is 15.0 Å². The summed E-state index contributed by atoms with van der Waals surface area (Å²) in [6.07, 6.45) is 0. The fraction of sp³-hybridized carbons (Fsp3) is 0.667. The molecule has 0 aliphatic rings. The molecule has 4 heteroatoms. The van der Waals surface area contributed by atoms with Crippen LogP contribution in [-0.4, -0.2) is 21.9 Å². The molecule has 0 rings (SSSR count). The average molecular weight is 105 g/mol. The Morgan fingerprint density at radius 1 is 1.71 bits per heavy atom. The van der Waals surface area contributed by atoms with Crippen molar-refractivity contribution in [3.05, 3.63) is 0 Å². The first-order chi connectivity index (χ1) is 2.94. The van der Waals surface area contributed by atoms with E-state index in [1.807, 2.05) is 0 Å². The first-order valence-corrected chi connectivity index (χ1v) is 1.69. The zero-order valence-corrected chi connectivity index (χ0v) is 3.88. The van der Waals surface area contributed by atoms with Crippen molar-refractivity contribution in [2.45, 2.75) is 12.7 Å². The summed E-state index contributed by atoms with van der Waals surface area (Å²) < 4.78 is 0. The summed E-state index contributed by atoms with van der Waals surface area (Å²) >= 11 is 0. The summed E-state index contributed by atoms with van der Waals surface area (Å²) in [7, 11) is 0. The van der Waals surface area contributed by atoms with E-state index in [9.17, 15) is 4.79 Å². The second kappa shape index (κ2) is 1.48. The van der Waals surface area contributed by atoms with Gasteiger partial charge in [0.05, 0.1) is 0 Å². The lowest BCUT2D eigenvalue weighted by Gasteiger charge is -2.07. The van der Waals surface area contributed by atoms with E-state index in [2.05, 4.69) is 5.73 Å². The summed E-state index contributed by atoms with van der Waals surface area (Å²) in [5, 5.41) is 16.4. The van der Waals surface area contributed by atoms with Crippen LogP contribution in [-0.2, 0) is 4.79 Å². The predicted molar refractivity (Wildman–Crippen MR) is 22.0 cm³/mol. The van der Waals surface area contributed by atoms with Gasteiger partial charge >= 0.3 is 0 Å². The molecule has 0 fully saturated rings. The first kappa shape index (κ1) is 6.39. The number of carbonyl (C=O) groups excluding carboxylic acids is 1. The van der Waals surface area contributed by atoms with Crippen LogP contribution in [0.3, 0.4) is 0 Å². The second-order valence-electron chi connectivity index (χ2n) is 1.39. The minimum atomic E-state index is -2.36. The quantitative estimate of drug-likeness (QED) is 0.343. The van der Waals surface area contributed by atoms with Crippen molar-refractivity contribution in [2.24, 2.45) is 5.73 Å². The van der Waals surface area contributed by atoms with E-state index in [-0.39, 0.29) is 0 Å². The lowest BCUT2D eigenvalue weighted by Crippen LogP contribution is -2.40. The lowest BCUT2D eigenvalue weighted by molar-refractivity contribution is -0.174. The molecule has 4 nitrogen and oxygen atoms in total. The molecule has 0 saturated heterocycles. The summed E-state index contributed by atoms with van der Waals surface area (Å²) in [5.74, 6) is -3.51. The Balaban J connectivity index is 3.79. The van der Waals surface area contributed by atoms with Gasteiger partial charge in [-0.05, 0) is 6.92 Å². The number of primary amides is 1. The van der Waals surface area contributed by atoms with Gasteiger partial charge in [-0.2, -0.15) is 0 Å². The van der Waals surface area contributed by atoms with Gasteiger partial charge in [-0.3, -0.25) is 4.79 Å². The summed E-state index contributed by atoms with van der Waals surface area (Å²) in [4.78, 5) is 9.74. The van der Waals surface area contributed by atoms with Crippen molar-refractivity contribution in [3.63, 3.8) is 0 Å². The number of rotatable bonds is 1. The Hall–Kier alpha value is -0.610. The fourth-order valence-electron chi connectivity index (χ4n) is 0. The second-order valence-corrected chi connectivity index (χ2v) is 1.39. The smallest absolute Gasteiger partial charge is 0.277 e. The zero-order valence-electron chi connectivity index (χ0n) is 3.88. The van der Waals surface area contributed by atoms with Crippen LogP contribution in [0.25, 0.3) is 0 Å². The molecule has 0 saturated carbocycles. The van der Waals surface area contributed by atoms with Crippen molar-refractivity contribution >= 4 is 5.91 Å². The lowest BCUT2D eigenvalue weighted by atomic mass is 10.3. The summed E-state index contributed by atoms with van der Waals surface area (Å²) in [6, 6.07) is 0. The van der Waals surface area contributed by atoms with E-state index in [1.54, 1.807) is 0 Å². The van der Waals surface area contributed by atoms with E-state index in [1.165, 1.54) is 0 Å². The van der Waals surface area contributed by atoms with Crippen LogP contribution in [0.5, 0.6) is 0 Å². The Labute approximate surface area is 40.6 Å². The molecule has 1 amide bonds. The molecule has 0 atom stereocenters. The number of hydrogen-bond donors (Lipinski definition) is 3. The molecular weight excluding hydrogens is 98.0 g/mol. The van der Waals surface area contributed by atoms with Gasteiger partial charge in [-0.25, -0.2) is 0 Å². The Bertz CT molecular complexity index is 82.7. The van der Waals surface area contributed by atoms with Gasteiger partial charge < -0.3 is 15.9 Å². The van der Waals surface area contributed by atoms with Crippen LogP contribution < -0.4 is 5.73 Å². The predicted octanol–water partition coefficient (Wildman–Crippen LogP) is -1.83. The molecule has 0 aliphatic carbocycles. The van der Waals surface area contributed by atoms with E-state index < -0.39 is 11.7 Å². The average Bonchev–Trinajstić information content (AvgIpc) is 1.31. The summed E-state index contributed by atoms with van der Waals surface area (Å²) in [6.45, 7) is 0.898. The molecule has 0 radical (unpaired) electrons. The van der Waals surface area contributed by atoms with Gasteiger partial charge in [0.1, 0.15) is 0 Å². The van der Waals surface area contributed by atoms with Crippen molar-refractivity contribution in [1.29, 1.82) is 0 Å². The van der Waals surface area contributed by atoms with E-state index in [0.29, 0.717) is 0 Å². The van der Waals surface area contributed by atoms with Crippen LogP contribution >= 0.6 is 0 Å². The highest BCUT2D eigenvalue weighted by molar-refractivity contribution is 5.80. The molecule has 0 aromatic rings. The normalized spacial score (nSPS) is 11.3. The number of hydrogen-bond acceptors (Lipinski definition) is 3. The Kier molecular flexibility index (Phi) is 1.35. The van der Waals surface area contributed by atoms with Gasteiger partial charge in [0.15, 0.2) is 0 Å². The highest BCUT2D eigenvalue weighted by Gasteiger charge is 2.22. The monoisotopic (exact) mass is 105 g/mol. The standard InChI is InChI=1S/C3H7NO3/c1-3(6,7)2(4)5/h6-7H,1H3,(H2,4,5). The van der Waals surface area contributed by atoms with Crippen LogP contribution in [0.1, 0.15) is 6.92 Å². The largest absolute Gasteiger partial charge is 0.365 e. The third kappa shape index (κ3) is 2.13. The van der Waals surface area contributed by atoms with Crippen LogP contribution in [0.4, 0.5) is 0 Å². The molecule has 0 aliphatic heterocycles. The minimum absolute atomic E-state index is 0.898. The molecule has 0 aromatic carbocycles. The SMILES string of the molecule is CC(O)(O)C(N)=O. The van der Waals surface area contributed by atoms with Gasteiger partial charge in [-0.15, -0.1) is 0 Å². The van der Waals surface area contributed by atoms with Crippen molar-refractivity contribution in [1.82, 2.24) is 0 Å². The molecule has 0 bridgehead atoms. The maximum atomic E-state index is 9.74. The number of aliphatic hydroxyl groups is 2. The fourth-order valence-corrected chi connectivity index (χ4v) is 0. The van der Waals surface area contributed by atoms with E-state index in [0.717, 1.165) is 6.92 Å². The summed E-state index contributed by atoms with van der Waals surface area (Å²) in [5.41, 5.74) is 4.43. The molecule has 7 heavy (non-hydrogen) atoms. The van der Waals surface area contributed by atoms with Gasteiger partial charge in [0, 0.05) is 0 Å². The maximum Gasteiger partial charge on any atom is 0.277 e. The molecule has 0 unspecified atom stereocenters. The molecule has 0 aromatic heterocycles. The molecule has 0 heterocycles. The Morgan fingerprint density at radius 3 is 1.86 bits per heavy atom. The number of carbonyl (C=O) groups is 1. The van der Waals surface area contributed by atoms with E-state index >= 15 is 0 Å². The van der Waals surface area contributed by atoms with Crippen molar-refractivity contribution in [3.8, 4) is 0 Å². The van der Waals surface area contributed by atoms with Gasteiger partial charge in [0.2, 0.25) is 5.79 Å². The van der Waals surface area contributed by atoms with Crippen LogP contribution in [0, 0.1) is 0 Å². The minimum Gasteiger partial charge on any atom is -0.365 e. The highest BCUT2D eigenvalue weighted by Crippen LogP contribution is 1.91. The molecule has 4 N–H and O–H groups in total.